The quantitative estimate of drug-likeness (QED) is 0.416. The van der Waals surface area contributed by atoms with E-state index >= 15 is 0 Å². The number of hydrogen-bond donors (Lipinski definition) is 2. The molecule has 1 aromatic heterocycles. The maximum Gasteiger partial charge on any atom is 0.265 e. The molecule has 3 aromatic rings. The predicted octanol–water partition coefficient (Wildman–Crippen LogP) is 2.53. The lowest BCUT2D eigenvalue weighted by atomic mass is 10.0. The first-order chi connectivity index (χ1) is 12.6. The van der Waals surface area contributed by atoms with Crippen LogP contribution in [0.15, 0.2) is 42.5 Å². The van der Waals surface area contributed by atoms with Gasteiger partial charge in [0.15, 0.2) is 11.5 Å². The van der Waals surface area contributed by atoms with E-state index in [1.54, 1.807) is 32.4 Å². The van der Waals surface area contributed by atoms with E-state index in [4.69, 9.17) is 20.1 Å². The highest BCUT2D eigenvalue weighted by atomic mass is 16.5. The summed E-state index contributed by atoms with van der Waals surface area (Å²) in [5.41, 5.74) is 4.59. The Bertz CT molecular complexity index is 947. The molecule has 134 valence electrons. The summed E-state index contributed by atoms with van der Waals surface area (Å²) in [5.74, 6) is 6.43. The van der Waals surface area contributed by atoms with Crippen LogP contribution in [0.2, 0.25) is 0 Å². The number of carbonyl (C=O) groups is 1. The minimum absolute atomic E-state index is 0.391. The highest BCUT2D eigenvalue weighted by molar-refractivity contribution is 6.07. The Morgan fingerprint density at radius 3 is 2.23 bits per heavy atom. The van der Waals surface area contributed by atoms with E-state index in [0.29, 0.717) is 39.4 Å². The zero-order chi connectivity index (χ0) is 18.7. The van der Waals surface area contributed by atoms with Crippen LogP contribution in [0.5, 0.6) is 17.2 Å². The number of hydrogen-bond acceptors (Lipinski definition) is 6. The Balaban J connectivity index is 2.27. The van der Waals surface area contributed by atoms with Crippen LogP contribution in [-0.2, 0) is 0 Å². The molecule has 2 aromatic carbocycles. The van der Waals surface area contributed by atoms with Crippen molar-refractivity contribution in [3.63, 3.8) is 0 Å². The zero-order valence-electron chi connectivity index (χ0n) is 14.7. The van der Waals surface area contributed by atoms with Crippen molar-refractivity contribution in [1.82, 2.24) is 10.4 Å². The molecule has 0 spiro atoms. The zero-order valence-corrected chi connectivity index (χ0v) is 14.7. The van der Waals surface area contributed by atoms with E-state index in [-0.39, 0.29) is 0 Å². The molecule has 3 rings (SSSR count). The second kappa shape index (κ2) is 7.28. The maximum absolute atomic E-state index is 12.2. The number of nitrogens with one attached hydrogen (secondary N) is 1. The number of carbonyl (C=O) groups excluding carboxylic acids is 1. The number of amides is 1. The second-order valence-corrected chi connectivity index (χ2v) is 5.46. The normalized spacial score (nSPS) is 10.5. The SMILES string of the molecule is COc1cc(-c2cc(C(=O)NN)c3ccccc3n2)cc(OC)c1OC. The van der Waals surface area contributed by atoms with Gasteiger partial charge in [-0.15, -0.1) is 0 Å². The van der Waals surface area contributed by atoms with Gasteiger partial charge in [0.25, 0.3) is 5.91 Å². The first kappa shape index (κ1) is 17.5. The second-order valence-electron chi connectivity index (χ2n) is 5.46. The van der Waals surface area contributed by atoms with E-state index in [1.165, 1.54) is 7.11 Å². The number of pyridine rings is 1. The molecule has 1 heterocycles. The molecule has 0 aliphatic rings. The molecule has 0 bridgehead atoms. The highest BCUT2D eigenvalue weighted by Crippen LogP contribution is 2.41. The molecule has 0 atom stereocenters. The Labute approximate surface area is 150 Å². The molecule has 26 heavy (non-hydrogen) atoms. The summed E-state index contributed by atoms with van der Waals surface area (Å²) in [6.07, 6.45) is 0. The fourth-order valence-electron chi connectivity index (χ4n) is 2.82. The van der Waals surface area contributed by atoms with Gasteiger partial charge in [-0.1, -0.05) is 18.2 Å². The van der Waals surface area contributed by atoms with Crippen molar-refractivity contribution in [2.75, 3.05) is 21.3 Å². The number of rotatable bonds is 5. The van der Waals surface area contributed by atoms with Gasteiger partial charge in [-0.2, -0.15) is 0 Å². The number of para-hydroxylation sites is 1. The number of nitrogens with two attached hydrogens (primary N) is 1. The maximum atomic E-state index is 12.2. The number of benzene rings is 2. The standard InChI is InChI=1S/C19H19N3O4/c1-24-16-8-11(9-17(25-2)18(16)26-3)15-10-13(19(23)22-20)12-6-4-5-7-14(12)21-15/h4-10H,20H2,1-3H3,(H,22,23). The molecule has 0 aliphatic heterocycles. The summed E-state index contributed by atoms with van der Waals surface area (Å²) in [6.45, 7) is 0. The number of hydrazine groups is 1. The van der Waals surface area contributed by atoms with E-state index < -0.39 is 5.91 Å². The number of fused-ring (bicyclic) bond motifs is 1. The lowest BCUT2D eigenvalue weighted by Crippen LogP contribution is -2.30. The fraction of sp³-hybridized carbons (Fsp3) is 0.158. The third-order valence-corrected chi connectivity index (χ3v) is 4.05. The summed E-state index contributed by atoms with van der Waals surface area (Å²) in [6, 6.07) is 12.6. The van der Waals surface area contributed by atoms with Gasteiger partial charge in [-0.3, -0.25) is 10.2 Å². The van der Waals surface area contributed by atoms with Crippen LogP contribution >= 0.6 is 0 Å². The van der Waals surface area contributed by atoms with E-state index in [2.05, 4.69) is 10.4 Å². The lowest BCUT2D eigenvalue weighted by molar-refractivity contribution is 0.0955. The van der Waals surface area contributed by atoms with E-state index in [9.17, 15) is 4.79 Å². The molecule has 0 fully saturated rings. The van der Waals surface area contributed by atoms with Gasteiger partial charge in [0.05, 0.1) is 38.1 Å². The molecule has 0 radical (unpaired) electrons. The Kier molecular flexibility index (Phi) is 4.90. The van der Waals surface area contributed by atoms with Crippen LogP contribution in [0.1, 0.15) is 10.4 Å². The van der Waals surface area contributed by atoms with Crippen molar-refractivity contribution in [2.45, 2.75) is 0 Å². The predicted molar refractivity (Wildman–Crippen MR) is 98.5 cm³/mol. The monoisotopic (exact) mass is 353 g/mol. The van der Waals surface area contributed by atoms with Crippen molar-refractivity contribution in [3.05, 3.63) is 48.0 Å². The van der Waals surface area contributed by atoms with Crippen LogP contribution < -0.4 is 25.5 Å². The third kappa shape index (κ3) is 3.00. The molecular formula is C19H19N3O4. The number of methoxy groups -OCH3 is 3. The van der Waals surface area contributed by atoms with Crippen LogP contribution in [0.4, 0.5) is 0 Å². The Morgan fingerprint density at radius 1 is 1.00 bits per heavy atom. The summed E-state index contributed by atoms with van der Waals surface area (Å²) < 4.78 is 16.1. The van der Waals surface area contributed by atoms with Crippen molar-refractivity contribution in [1.29, 1.82) is 0 Å². The van der Waals surface area contributed by atoms with Crippen molar-refractivity contribution in [2.24, 2.45) is 5.84 Å². The van der Waals surface area contributed by atoms with Gasteiger partial charge in [0.1, 0.15) is 0 Å². The fourth-order valence-corrected chi connectivity index (χ4v) is 2.82. The van der Waals surface area contributed by atoms with Gasteiger partial charge in [-0.25, -0.2) is 10.8 Å². The van der Waals surface area contributed by atoms with Gasteiger partial charge < -0.3 is 14.2 Å². The molecule has 0 saturated heterocycles. The number of ether oxygens (including phenoxy) is 3. The minimum atomic E-state index is -0.391. The number of nitrogen functional groups attached to an aromatic ring is 1. The highest BCUT2D eigenvalue weighted by Gasteiger charge is 2.17. The van der Waals surface area contributed by atoms with Crippen LogP contribution in [-0.4, -0.2) is 32.2 Å². The van der Waals surface area contributed by atoms with Crippen LogP contribution in [0.25, 0.3) is 22.2 Å². The first-order valence-corrected chi connectivity index (χ1v) is 7.84. The van der Waals surface area contributed by atoms with E-state index in [1.807, 2.05) is 24.3 Å². The average molecular weight is 353 g/mol. The van der Waals surface area contributed by atoms with Crippen LogP contribution in [0.3, 0.4) is 0 Å². The lowest BCUT2D eigenvalue weighted by Gasteiger charge is -2.15. The molecule has 7 nitrogen and oxygen atoms in total. The third-order valence-electron chi connectivity index (χ3n) is 4.05. The van der Waals surface area contributed by atoms with Crippen LogP contribution in [0, 0.1) is 0 Å². The first-order valence-electron chi connectivity index (χ1n) is 7.84. The van der Waals surface area contributed by atoms with Gasteiger partial charge in [-0.05, 0) is 24.3 Å². The molecule has 0 saturated carbocycles. The summed E-state index contributed by atoms with van der Waals surface area (Å²) in [7, 11) is 4.63. The topological polar surface area (TPSA) is 95.7 Å². The van der Waals surface area contributed by atoms with Crippen molar-refractivity contribution >= 4 is 16.8 Å². The number of nitrogens with zero attached hydrogens (tertiary/aromatic N) is 1. The number of aromatic nitrogens is 1. The van der Waals surface area contributed by atoms with Crippen molar-refractivity contribution in [3.8, 4) is 28.5 Å². The summed E-state index contributed by atoms with van der Waals surface area (Å²) >= 11 is 0. The molecule has 0 unspecified atom stereocenters. The summed E-state index contributed by atoms with van der Waals surface area (Å²) in [5, 5.41) is 0.714. The smallest absolute Gasteiger partial charge is 0.265 e. The Morgan fingerprint density at radius 2 is 1.65 bits per heavy atom. The minimum Gasteiger partial charge on any atom is -0.493 e. The molecular weight excluding hydrogens is 334 g/mol. The van der Waals surface area contributed by atoms with Crippen molar-refractivity contribution < 1.29 is 19.0 Å². The molecule has 0 aliphatic carbocycles. The molecule has 1 amide bonds. The largest absolute Gasteiger partial charge is 0.493 e. The summed E-state index contributed by atoms with van der Waals surface area (Å²) in [4.78, 5) is 16.9. The van der Waals surface area contributed by atoms with E-state index in [0.717, 1.165) is 5.56 Å². The molecule has 3 N–H and O–H groups in total. The Hall–Kier alpha value is -3.32. The van der Waals surface area contributed by atoms with Gasteiger partial charge in [0.2, 0.25) is 5.75 Å². The van der Waals surface area contributed by atoms with Gasteiger partial charge >= 0.3 is 0 Å². The van der Waals surface area contributed by atoms with Gasteiger partial charge in [0, 0.05) is 10.9 Å². The molecule has 7 heteroatoms. The average Bonchev–Trinajstić information content (AvgIpc) is 2.70.